The van der Waals surface area contributed by atoms with Gasteiger partial charge in [-0.1, -0.05) is 52.5 Å². The lowest BCUT2D eigenvalue weighted by Crippen LogP contribution is -2.33. The number of rotatable bonds is 4. The van der Waals surface area contributed by atoms with Gasteiger partial charge in [-0.3, -0.25) is 0 Å². The van der Waals surface area contributed by atoms with Gasteiger partial charge in [0.25, 0.3) is 0 Å². The third-order valence-electron chi connectivity index (χ3n) is 1.63. The predicted octanol–water partition coefficient (Wildman–Crippen LogP) is 5.04. The normalized spacial score (nSPS) is 13.1. The number of alkyl halides is 2. The minimum Gasteiger partial charge on any atom is -0.387 e. The molecule has 0 saturated heterocycles. The van der Waals surface area contributed by atoms with Crippen LogP contribution < -0.4 is 0 Å². The molecule has 0 aromatic rings. The maximum atomic E-state index is 13.1. The summed E-state index contributed by atoms with van der Waals surface area (Å²) < 4.78 is 38.9. The zero-order valence-electron chi connectivity index (χ0n) is 12.1. The van der Waals surface area contributed by atoms with Crippen molar-refractivity contribution in [1.82, 2.24) is 0 Å². The van der Waals surface area contributed by atoms with Crippen LogP contribution in [0.5, 0.6) is 0 Å². The summed E-state index contributed by atoms with van der Waals surface area (Å²) in [6.07, 6.45) is 1.68. The largest absolute Gasteiger partial charge is 0.387 e. The van der Waals surface area contributed by atoms with Crippen molar-refractivity contribution >= 4 is 0 Å². The summed E-state index contributed by atoms with van der Waals surface area (Å²) in [7, 11) is 0. The van der Waals surface area contributed by atoms with Crippen LogP contribution in [0.25, 0.3) is 0 Å². The Morgan fingerprint density at radius 1 is 1.22 bits per heavy atom. The van der Waals surface area contributed by atoms with Gasteiger partial charge in [-0.15, -0.1) is 0 Å². The minimum atomic E-state index is -3.62. The van der Waals surface area contributed by atoms with E-state index in [1.54, 1.807) is 6.92 Å². The average molecular weight is 266 g/mol. The fourth-order valence-electron chi connectivity index (χ4n) is 0.800. The van der Waals surface area contributed by atoms with Gasteiger partial charge in [0.15, 0.2) is 0 Å². The highest BCUT2D eigenvalue weighted by atomic mass is 19.3. The molecule has 4 heteroatoms. The molecule has 0 saturated carbocycles. The molecular formula is C14H25F3O. The summed E-state index contributed by atoms with van der Waals surface area (Å²) in [5, 5.41) is 8.78. The van der Waals surface area contributed by atoms with Crippen molar-refractivity contribution in [3.05, 3.63) is 36.2 Å². The zero-order valence-corrected chi connectivity index (χ0v) is 12.1. The molecule has 0 aromatic carbocycles. The molecule has 0 aliphatic carbocycles. The third kappa shape index (κ3) is 8.12. The highest BCUT2D eigenvalue weighted by molar-refractivity contribution is 5.34. The molecule has 0 aliphatic heterocycles. The van der Waals surface area contributed by atoms with Crippen molar-refractivity contribution in [1.29, 1.82) is 0 Å². The van der Waals surface area contributed by atoms with Gasteiger partial charge in [-0.2, -0.15) is 8.78 Å². The summed E-state index contributed by atoms with van der Waals surface area (Å²) in [6.45, 7) is 13.3. The lowest BCUT2D eigenvalue weighted by Gasteiger charge is -2.21. The third-order valence-corrected chi connectivity index (χ3v) is 1.63. The topological polar surface area (TPSA) is 20.2 Å². The average Bonchev–Trinajstić information content (AvgIpc) is 2.33. The van der Waals surface area contributed by atoms with Crippen LogP contribution in [-0.2, 0) is 0 Å². The zero-order chi connectivity index (χ0) is 15.4. The molecule has 0 amide bonds. The number of hydrogen-bond donors (Lipinski definition) is 1. The number of hydrogen-bond acceptors (Lipinski definition) is 1. The van der Waals surface area contributed by atoms with Crippen LogP contribution in [-0.4, -0.2) is 17.1 Å². The quantitative estimate of drug-likeness (QED) is 0.707. The standard InChI is InChI=1S/C10H13F3O.2C2H6/c1-4-5-6-9(7(2)11)10(12,13)8(3)14;2*1-2/h4-6,8,14H,2H2,1,3H3;2*1-2H3/b5-4-,9-6+;;/t8-;;/m1../s1. The molecule has 1 nitrogen and oxygen atoms in total. The number of aliphatic hydroxyl groups is 1. The van der Waals surface area contributed by atoms with E-state index < -0.39 is 23.4 Å². The molecule has 0 bridgehead atoms. The molecule has 0 radical (unpaired) electrons. The summed E-state index contributed by atoms with van der Waals surface area (Å²) in [5.41, 5.74) is -0.898. The van der Waals surface area contributed by atoms with Crippen LogP contribution in [0.4, 0.5) is 13.2 Å². The van der Waals surface area contributed by atoms with E-state index in [2.05, 4.69) is 6.58 Å². The Hall–Kier alpha value is -1.03. The van der Waals surface area contributed by atoms with Crippen LogP contribution in [0.15, 0.2) is 36.2 Å². The van der Waals surface area contributed by atoms with Crippen molar-refractivity contribution in [2.75, 3.05) is 0 Å². The van der Waals surface area contributed by atoms with Crippen LogP contribution in [0.3, 0.4) is 0 Å². The summed E-state index contributed by atoms with van der Waals surface area (Å²) in [5.74, 6) is -4.86. The second-order valence-electron chi connectivity index (χ2n) is 2.81. The molecular weight excluding hydrogens is 241 g/mol. The maximum absolute atomic E-state index is 13.1. The van der Waals surface area contributed by atoms with Crippen molar-refractivity contribution in [2.45, 2.75) is 53.6 Å². The molecule has 0 aromatic heterocycles. The van der Waals surface area contributed by atoms with Gasteiger partial charge in [0.1, 0.15) is 11.9 Å². The minimum absolute atomic E-state index is 0.895. The molecule has 0 spiro atoms. The van der Waals surface area contributed by atoms with E-state index in [9.17, 15) is 13.2 Å². The number of allylic oxidation sites excluding steroid dienone is 4. The summed E-state index contributed by atoms with van der Waals surface area (Å²) in [6, 6.07) is 0. The number of halogens is 3. The highest BCUT2D eigenvalue weighted by Gasteiger charge is 2.40. The van der Waals surface area contributed by atoms with E-state index in [1.165, 1.54) is 12.2 Å². The van der Waals surface area contributed by atoms with Gasteiger partial charge >= 0.3 is 5.92 Å². The lowest BCUT2D eigenvalue weighted by atomic mass is 10.0. The molecule has 1 N–H and O–H groups in total. The predicted molar refractivity (Wildman–Crippen MR) is 72.5 cm³/mol. The van der Waals surface area contributed by atoms with Gasteiger partial charge in [-0.25, -0.2) is 4.39 Å². The summed E-state index contributed by atoms with van der Waals surface area (Å²) in [4.78, 5) is 0. The Morgan fingerprint density at radius 3 is 1.83 bits per heavy atom. The van der Waals surface area contributed by atoms with E-state index in [-0.39, 0.29) is 0 Å². The SMILES string of the molecule is C=C(F)/C(=C\C=C/C)C(F)(F)[C@@H](C)O.CC.CC. The Labute approximate surface area is 109 Å². The molecule has 108 valence electrons. The first-order valence-electron chi connectivity index (χ1n) is 6.08. The summed E-state index contributed by atoms with van der Waals surface area (Å²) >= 11 is 0. The fourth-order valence-corrected chi connectivity index (χ4v) is 0.800. The second kappa shape index (κ2) is 12.4. The van der Waals surface area contributed by atoms with E-state index in [4.69, 9.17) is 5.11 Å². The first-order chi connectivity index (χ1) is 8.34. The molecule has 0 heterocycles. The van der Waals surface area contributed by atoms with Crippen molar-refractivity contribution in [2.24, 2.45) is 0 Å². The molecule has 0 rings (SSSR count). The van der Waals surface area contributed by atoms with Gasteiger partial charge in [0, 0.05) is 0 Å². The lowest BCUT2D eigenvalue weighted by molar-refractivity contribution is -0.0686. The molecule has 1 atom stereocenters. The van der Waals surface area contributed by atoms with E-state index in [1.807, 2.05) is 27.7 Å². The fraction of sp³-hybridized carbons (Fsp3) is 0.571. The van der Waals surface area contributed by atoms with Crippen LogP contribution in [0.2, 0.25) is 0 Å². The van der Waals surface area contributed by atoms with Crippen molar-refractivity contribution < 1.29 is 18.3 Å². The maximum Gasteiger partial charge on any atom is 0.301 e. The monoisotopic (exact) mass is 266 g/mol. The van der Waals surface area contributed by atoms with Gasteiger partial charge < -0.3 is 5.11 Å². The van der Waals surface area contributed by atoms with Crippen LogP contribution in [0, 0.1) is 0 Å². The van der Waals surface area contributed by atoms with Gasteiger partial charge in [-0.05, 0) is 13.8 Å². The van der Waals surface area contributed by atoms with Gasteiger partial charge in [0.05, 0.1) is 5.57 Å². The van der Waals surface area contributed by atoms with Crippen LogP contribution in [0.1, 0.15) is 41.5 Å². The first-order valence-corrected chi connectivity index (χ1v) is 6.08. The van der Waals surface area contributed by atoms with Crippen LogP contribution >= 0.6 is 0 Å². The smallest absolute Gasteiger partial charge is 0.301 e. The Kier molecular flexibility index (Phi) is 15.3. The number of aliphatic hydroxyl groups excluding tert-OH is 1. The van der Waals surface area contributed by atoms with Crippen molar-refractivity contribution in [3.63, 3.8) is 0 Å². The first kappa shape index (κ1) is 22.2. The molecule has 18 heavy (non-hydrogen) atoms. The van der Waals surface area contributed by atoms with Crippen molar-refractivity contribution in [3.8, 4) is 0 Å². The van der Waals surface area contributed by atoms with E-state index >= 15 is 0 Å². The molecule has 0 fully saturated rings. The van der Waals surface area contributed by atoms with E-state index in [0.717, 1.165) is 13.0 Å². The molecule has 0 aliphatic rings. The van der Waals surface area contributed by atoms with E-state index in [0.29, 0.717) is 0 Å². The Bertz CT molecular complexity index is 266. The second-order valence-corrected chi connectivity index (χ2v) is 2.81. The van der Waals surface area contributed by atoms with Gasteiger partial charge in [0.2, 0.25) is 0 Å². The highest BCUT2D eigenvalue weighted by Crippen LogP contribution is 2.32. The molecule has 0 unspecified atom stereocenters. The Morgan fingerprint density at radius 2 is 1.61 bits per heavy atom. The Balaban J connectivity index is -0.000000506.